The van der Waals surface area contributed by atoms with Gasteiger partial charge in [0.1, 0.15) is 5.00 Å². The quantitative estimate of drug-likeness (QED) is 0.499. The molecule has 0 atom stereocenters. The lowest BCUT2D eigenvalue weighted by atomic mass is 10.3. The molecule has 0 saturated carbocycles. The molecule has 1 heterocycles. The van der Waals surface area contributed by atoms with Crippen molar-refractivity contribution in [3.8, 4) is 0 Å². The minimum atomic E-state index is -0.372. The van der Waals surface area contributed by atoms with E-state index in [2.05, 4.69) is 17.2 Å². The van der Waals surface area contributed by atoms with E-state index in [4.69, 9.17) is 17.0 Å². The van der Waals surface area contributed by atoms with Crippen LogP contribution in [0, 0.1) is 6.92 Å². The highest BCUT2D eigenvalue weighted by Gasteiger charge is 2.15. The zero-order valence-corrected chi connectivity index (χ0v) is 11.3. The highest BCUT2D eigenvalue weighted by Crippen LogP contribution is 2.27. The number of thiocarbonyl (C=S) groups is 1. The van der Waals surface area contributed by atoms with Crippen molar-refractivity contribution in [2.75, 3.05) is 19.0 Å². The Labute approximate surface area is 110 Å². The van der Waals surface area contributed by atoms with Gasteiger partial charge in [-0.15, -0.1) is 17.9 Å². The number of aryl methyl sites for hydroxylation is 1. The number of methoxy groups -OCH3 is 1. The maximum Gasteiger partial charge on any atom is 0.340 e. The fourth-order valence-electron chi connectivity index (χ4n) is 1.18. The summed E-state index contributed by atoms with van der Waals surface area (Å²) in [5, 5.41) is 7.05. The van der Waals surface area contributed by atoms with Crippen LogP contribution in [0.4, 0.5) is 5.00 Å². The maximum absolute atomic E-state index is 11.5. The zero-order valence-electron chi connectivity index (χ0n) is 9.70. The summed E-state index contributed by atoms with van der Waals surface area (Å²) in [6.45, 7) is 6.07. The van der Waals surface area contributed by atoms with Crippen LogP contribution in [0.25, 0.3) is 0 Å². The molecule has 0 fully saturated rings. The second kappa shape index (κ2) is 6.36. The van der Waals surface area contributed by atoms with E-state index in [1.54, 1.807) is 12.1 Å². The number of rotatable bonds is 4. The number of nitrogens with one attached hydrogen (secondary N) is 2. The molecule has 92 valence electrons. The molecule has 0 amide bonds. The van der Waals surface area contributed by atoms with Crippen molar-refractivity contribution >= 4 is 39.6 Å². The zero-order chi connectivity index (χ0) is 12.8. The van der Waals surface area contributed by atoms with Crippen molar-refractivity contribution in [3.05, 3.63) is 29.2 Å². The van der Waals surface area contributed by atoms with Gasteiger partial charge in [0.2, 0.25) is 0 Å². The summed E-state index contributed by atoms with van der Waals surface area (Å²) in [7, 11) is 1.35. The summed E-state index contributed by atoms with van der Waals surface area (Å²) < 4.78 is 4.70. The molecule has 6 heteroatoms. The molecule has 0 bridgehead atoms. The first-order chi connectivity index (χ1) is 8.08. The predicted octanol–water partition coefficient (Wildman–Crippen LogP) is 2.32. The van der Waals surface area contributed by atoms with Gasteiger partial charge in [-0.3, -0.25) is 0 Å². The first-order valence-electron chi connectivity index (χ1n) is 4.93. The molecule has 0 radical (unpaired) electrons. The van der Waals surface area contributed by atoms with Crippen molar-refractivity contribution < 1.29 is 9.53 Å². The van der Waals surface area contributed by atoms with Gasteiger partial charge in [0.25, 0.3) is 0 Å². The number of esters is 1. The smallest absolute Gasteiger partial charge is 0.340 e. The molecule has 17 heavy (non-hydrogen) atoms. The Hall–Kier alpha value is -1.40. The van der Waals surface area contributed by atoms with Crippen molar-refractivity contribution in [2.24, 2.45) is 0 Å². The summed E-state index contributed by atoms with van der Waals surface area (Å²) in [5.41, 5.74) is 0.498. The summed E-state index contributed by atoms with van der Waals surface area (Å²) in [4.78, 5) is 12.5. The number of carbonyl (C=O) groups excluding carboxylic acids is 1. The van der Waals surface area contributed by atoms with E-state index < -0.39 is 0 Å². The normalized spacial score (nSPS) is 9.53. The number of anilines is 1. The topological polar surface area (TPSA) is 50.4 Å². The van der Waals surface area contributed by atoms with E-state index >= 15 is 0 Å². The third-order valence-corrected chi connectivity index (χ3v) is 3.11. The van der Waals surface area contributed by atoms with Crippen LogP contribution >= 0.6 is 23.6 Å². The van der Waals surface area contributed by atoms with E-state index in [0.717, 1.165) is 4.88 Å². The van der Waals surface area contributed by atoms with Gasteiger partial charge in [-0.25, -0.2) is 4.79 Å². The molecule has 0 spiro atoms. The molecule has 0 aliphatic carbocycles. The molecule has 2 N–H and O–H groups in total. The Balaban J connectivity index is 2.79. The van der Waals surface area contributed by atoms with Gasteiger partial charge >= 0.3 is 5.97 Å². The van der Waals surface area contributed by atoms with Crippen molar-refractivity contribution in [2.45, 2.75) is 6.92 Å². The van der Waals surface area contributed by atoms with Crippen molar-refractivity contribution in [1.82, 2.24) is 5.32 Å². The monoisotopic (exact) mass is 270 g/mol. The van der Waals surface area contributed by atoms with Crippen LogP contribution in [0.3, 0.4) is 0 Å². The van der Waals surface area contributed by atoms with Crippen LogP contribution in [-0.2, 0) is 4.74 Å². The Kier molecular flexibility index (Phi) is 5.11. The minimum Gasteiger partial charge on any atom is -0.465 e. The molecular formula is C11H14N2O2S2. The maximum atomic E-state index is 11.5. The average molecular weight is 270 g/mol. The fourth-order valence-corrected chi connectivity index (χ4v) is 2.33. The van der Waals surface area contributed by atoms with Crippen LogP contribution in [0.1, 0.15) is 15.2 Å². The van der Waals surface area contributed by atoms with Crippen LogP contribution in [0.5, 0.6) is 0 Å². The van der Waals surface area contributed by atoms with Crippen LogP contribution in [0.2, 0.25) is 0 Å². The molecular weight excluding hydrogens is 256 g/mol. The number of carbonyl (C=O) groups is 1. The Morgan fingerprint density at radius 3 is 3.00 bits per heavy atom. The number of hydrogen-bond donors (Lipinski definition) is 2. The Morgan fingerprint density at radius 1 is 1.71 bits per heavy atom. The van der Waals surface area contributed by atoms with Crippen molar-refractivity contribution in [3.63, 3.8) is 0 Å². The number of hydrogen-bond acceptors (Lipinski definition) is 4. The molecule has 0 aliphatic rings. The van der Waals surface area contributed by atoms with E-state index in [1.165, 1.54) is 18.4 Å². The molecule has 4 nitrogen and oxygen atoms in total. The highest BCUT2D eigenvalue weighted by atomic mass is 32.1. The minimum absolute atomic E-state index is 0.372. The van der Waals surface area contributed by atoms with E-state index in [1.807, 2.05) is 6.92 Å². The third kappa shape index (κ3) is 3.83. The average Bonchev–Trinajstić information content (AvgIpc) is 2.66. The third-order valence-electron chi connectivity index (χ3n) is 1.89. The molecule has 0 unspecified atom stereocenters. The lowest BCUT2D eigenvalue weighted by molar-refractivity contribution is 0.0602. The van der Waals surface area contributed by atoms with Gasteiger partial charge in [-0.05, 0) is 25.2 Å². The predicted molar refractivity (Wildman–Crippen MR) is 74.8 cm³/mol. The second-order valence-electron chi connectivity index (χ2n) is 3.22. The van der Waals surface area contributed by atoms with Gasteiger partial charge in [-0.1, -0.05) is 6.08 Å². The summed E-state index contributed by atoms with van der Waals surface area (Å²) in [5.74, 6) is -0.372. The van der Waals surface area contributed by atoms with Crippen LogP contribution in [-0.4, -0.2) is 24.7 Å². The second-order valence-corrected chi connectivity index (χ2v) is 4.88. The largest absolute Gasteiger partial charge is 0.465 e. The Bertz CT molecular complexity index is 441. The first kappa shape index (κ1) is 13.7. The van der Waals surface area contributed by atoms with Gasteiger partial charge in [0, 0.05) is 11.4 Å². The van der Waals surface area contributed by atoms with Gasteiger partial charge in [0.15, 0.2) is 5.11 Å². The van der Waals surface area contributed by atoms with Gasteiger partial charge in [0.05, 0.1) is 12.7 Å². The van der Waals surface area contributed by atoms with Crippen LogP contribution in [0.15, 0.2) is 18.7 Å². The summed E-state index contributed by atoms with van der Waals surface area (Å²) >= 11 is 6.53. The van der Waals surface area contributed by atoms with E-state index in [9.17, 15) is 4.79 Å². The van der Waals surface area contributed by atoms with Gasteiger partial charge in [-0.2, -0.15) is 0 Å². The fraction of sp³-hybridized carbons (Fsp3) is 0.273. The standard InChI is InChI=1S/C11H14N2O2S2/c1-4-5-12-11(16)13-9-8(10(14)15-3)6-7(2)17-9/h4,6H,1,5H2,2-3H3,(H2,12,13,16). The lowest BCUT2D eigenvalue weighted by Crippen LogP contribution is -2.28. The lowest BCUT2D eigenvalue weighted by Gasteiger charge is -2.08. The van der Waals surface area contributed by atoms with E-state index in [-0.39, 0.29) is 5.97 Å². The molecule has 0 aliphatic heterocycles. The molecule has 1 aromatic heterocycles. The number of thiophene rings is 1. The number of ether oxygens (including phenoxy) is 1. The van der Waals surface area contributed by atoms with Crippen LogP contribution < -0.4 is 10.6 Å². The Morgan fingerprint density at radius 2 is 2.41 bits per heavy atom. The highest BCUT2D eigenvalue weighted by molar-refractivity contribution is 7.80. The molecule has 1 aromatic rings. The molecule has 0 saturated heterocycles. The van der Waals surface area contributed by atoms with E-state index in [0.29, 0.717) is 22.2 Å². The molecule has 0 aromatic carbocycles. The van der Waals surface area contributed by atoms with Crippen molar-refractivity contribution in [1.29, 1.82) is 0 Å². The summed E-state index contributed by atoms with van der Waals surface area (Å²) in [6, 6.07) is 1.77. The molecule has 1 rings (SSSR count). The first-order valence-corrected chi connectivity index (χ1v) is 6.15. The summed E-state index contributed by atoms with van der Waals surface area (Å²) in [6.07, 6.45) is 1.70. The SMILES string of the molecule is C=CCNC(=S)Nc1sc(C)cc1C(=O)OC. The van der Waals surface area contributed by atoms with Gasteiger partial charge < -0.3 is 15.4 Å².